The molecule has 0 radical (unpaired) electrons. The maximum atomic E-state index is 11.9. The van der Waals surface area contributed by atoms with Gasteiger partial charge in [0, 0.05) is 0 Å². The lowest BCUT2D eigenvalue weighted by atomic mass is 10.2. The molecule has 0 aliphatic rings. The van der Waals surface area contributed by atoms with Crippen molar-refractivity contribution >= 4 is 29.0 Å². The van der Waals surface area contributed by atoms with Crippen molar-refractivity contribution in [3.8, 4) is 5.75 Å². The first-order valence-electron chi connectivity index (χ1n) is 5.09. The zero-order valence-electron chi connectivity index (χ0n) is 9.49. The van der Waals surface area contributed by atoms with Gasteiger partial charge in [-0.05, 0) is 25.1 Å². The number of carbonyl (C=O) groups excluding carboxylic acids is 1. The molecule has 5 N–H and O–H groups in total. The highest BCUT2D eigenvalue weighted by Crippen LogP contribution is 2.24. The van der Waals surface area contributed by atoms with E-state index in [4.69, 9.17) is 17.3 Å². The van der Waals surface area contributed by atoms with E-state index in [0.717, 1.165) is 0 Å². The fraction of sp³-hybridized carbons (Fsp3) is 0.0909. The summed E-state index contributed by atoms with van der Waals surface area (Å²) in [6.45, 7) is 1.74. The van der Waals surface area contributed by atoms with Crippen LogP contribution in [0.2, 0.25) is 5.02 Å². The Bertz CT molecular complexity index is 609. The standard InChI is InChI=1S/C11H11ClN4O2/c1-5-9(13)10(16-15-5)14-11(18)7-4-6(17)2-3-8(7)12/h2-4,17H,13H2,1H3,(H2,14,15,16,18). The molecule has 2 rings (SSSR count). The molecule has 94 valence electrons. The number of amides is 1. The predicted octanol–water partition coefficient (Wildman–Crippen LogP) is 1.91. The highest BCUT2D eigenvalue weighted by molar-refractivity contribution is 6.34. The van der Waals surface area contributed by atoms with Gasteiger partial charge in [-0.2, -0.15) is 5.10 Å². The summed E-state index contributed by atoms with van der Waals surface area (Å²) in [5.74, 6) is -0.304. The maximum Gasteiger partial charge on any atom is 0.258 e. The third-order valence-electron chi connectivity index (χ3n) is 2.42. The molecule has 0 aliphatic heterocycles. The average Bonchev–Trinajstić information content (AvgIpc) is 2.64. The lowest BCUT2D eigenvalue weighted by Crippen LogP contribution is -2.13. The van der Waals surface area contributed by atoms with Crippen LogP contribution in [0.4, 0.5) is 11.5 Å². The number of benzene rings is 1. The van der Waals surface area contributed by atoms with Gasteiger partial charge in [0.05, 0.1) is 22.0 Å². The van der Waals surface area contributed by atoms with Crippen LogP contribution in [0, 0.1) is 6.92 Å². The Labute approximate surface area is 108 Å². The van der Waals surface area contributed by atoms with Crippen LogP contribution in [0.25, 0.3) is 0 Å². The number of nitrogen functional groups attached to an aromatic ring is 1. The first kappa shape index (κ1) is 12.3. The molecule has 1 amide bonds. The molecule has 0 fully saturated rings. The van der Waals surface area contributed by atoms with E-state index in [9.17, 15) is 9.90 Å². The number of hydrogen-bond donors (Lipinski definition) is 4. The summed E-state index contributed by atoms with van der Waals surface area (Å²) < 4.78 is 0. The van der Waals surface area contributed by atoms with E-state index in [1.54, 1.807) is 6.92 Å². The van der Waals surface area contributed by atoms with Gasteiger partial charge in [0.1, 0.15) is 5.75 Å². The second kappa shape index (κ2) is 4.58. The van der Waals surface area contributed by atoms with Crippen molar-refractivity contribution in [3.05, 3.63) is 34.5 Å². The van der Waals surface area contributed by atoms with E-state index in [2.05, 4.69) is 15.5 Å². The first-order valence-corrected chi connectivity index (χ1v) is 5.47. The van der Waals surface area contributed by atoms with E-state index < -0.39 is 5.91 Å². The quantitative estimate of drug-likeness (QED) is 0.666. The van der Waals surface area contributed by atoms with E-state index in [1.807, 2.05) is 0 Å². The molecule has 1 heterocycles. The van der Waals surface area contributed by atoms with Crippen molar-refractivity contribution in [2.24, 2.45) is 0 Å². The number of nitrogens with zero attached hydrogens (tertiary/aromatic N) is 1. The second-order valence-corrected chi connectivity index (χ2v) is 4.14. The monoisotopic (exact) mass is 266 g/mol. The number of H-pyrrole nitrogens is 1. The van der Waals surface area contributed by atoms with Crippen LogP contribution in [0.3, 0.4) is 0 Å². The number of nitrogens with one attached hydrogen (secondary N) is 2. The van der Waals surface area contributed by atoms with Gasteiger partial charge in [-0.3, -0.25) is 9.89 Å². The molecule has 0 saturated heterocycles. The molecule has 0 unspecified atom stereocenters. The lowest BCUT2D eigenvalue weighted by molar-refractivity contribution is 0.102. The number of aromatic hydroxyl groups is 1. The number of aromatic amines is 1. The number of hydrogen-bond acceptors (Lipinski definition) is 4. The fourth-order valence-electron chi connectivity index (χ4n) is 1.40. The van der Waals surface area contributed by atoms with Gasteiger partial charge < -0.3 is 16.2 Å². The molecule has 0 atom stereocenters. The summed E-state index contributed by atoms with van der Waals surface area (Å²) in [6.07, 6.45) is 0. The van der Waals surface area contributed by atoms with Crippen LogP contribution in [0.1, 0.15) is 16.1 Å². The van der Waals surface area contributed by atoms with E-state index >= 15 is 0 Å². The zero-order chi connectivity index (χ0) is 13.3. The third kappa shape index (κ3) is 2.23. The number of rotatable bonds is 2. The number of anilines is 2. The average molecular weight is 267 g/mol. The van der Waals surface area contributed by atoms with Gasteiger partial charge in [-0.1, -0.05) is 11.6 Å². The highest BCUT2D eigenvalue weighted by Gasteiger charge is 2.15. The summed E-state index contributed by atoms with van der Waals surface area (Å²) in [5, 5.41) is 18.6. The van der Waals surface area contributed by atoms with Crippen molar-refractivity contribution in [2.75, 3.05) is 11.1 Å². The topological polar surface area (TPSA) is 104 Å². The maximum absolute atomic E-state index is 11.9. The van der Waals surface area contributed by atoms with Crippen LogP contribution in [0.15, 0.2) is 18.2 Å². The molecule has 0 bridgehead atoms. The van der Waals surface area contributed by atoms with Crippen LogP contribution in [-0.4, -0.2) is 21.2 Å². The minimum absolute atomic E-state index is 0.0456. The molecule has 0 aliphatic carbocycles. The molecule has 0 saturated carbocycles. The Morgan fingerprint density at radius 2 is 2.28 bits per heavy atom. The Hall–Kier alpha value is -2.21. The van der Waals surface area contributed by atoms with E-state index in [-0.39, 0.29) is 22.2 Å². The molecule has 1 aromatic carbocycles. The van der Waals surface area contributed by atoms with Crippen molar-refractivity contribution in [1.82, 2.24) is 10.2 Å². The van der Waals surface area contributed by atoms with Gasteiger partial charge >= 0.3 is 0 Å². The Morgan fingerprint density at radius 3 is 2.89 bits per heavy atom. The smallest absolute Gasteiger partial charge is 0.258 e. The van der Waals surface area contributed by atoms with E-state index in [1.165, 1.54) is 18.2 Å². The van der Waals surface area contributed by atoms with Crippen molar-refractivity contribution < 1.29 is 9.90 Å². The molecule has 0 spiro atoms. The molecule has 18 heavy (non-hydrogen) atoms. The molecule has 2 aromatic rings. The van der Waals surface area contributed by atoms with Crippen LogP contribution in [-0.2, 0) is 0 Å². The Balaban J connectivity index is 2.27. The molecular weight excluding hydrogens is 256 g/mol. The lowest BCUT2D eigenvalue weighted by Gasteiger charge is -2.05. The molecule has 7 heteroatoms. The SMILES string of the molecule is Cc1[nH]nc(NC(=O)c2cc(O)ccc2Cl)c1N. The van der Waals surface area contributed by atoms with Crippen molar-refractivity contribution in [2.45, 2.75) is 6.92 Å². The zero-order valence-corrected chi connectivity index (χ0v) is 10.2. The third-order valence-corrected chi connectivity index (χ3v) is 2.75. The van der Waals surface area contributed by atoms with Crippen molar-refractivity contribution in [3.63, 3.8) is 0 Å². The number of carbonyl (C=O) groups is 1. The number of aryl methyl sites for hydroxylation is 1. The number of halogens is 1. The van der Waals surface area contributed by atoms with Gasteiger partial charge in [0.15, 0.2) is 5.82 Å². The highest BCUT2D eigenvalue weighted by atomic mass is 35.5. The summed E-state index contributed by atoms with van der Waals surface area (Å²) in [5.41, 5.74) is 6.88. The normalized spacial score (nSPS) is 10.3. The summed E-state index contributed by atoms with van der Waals surface area (Å²) in [6, 6.07) is 4.10. The molecular formula is C11H11ClN4O2. The first-order chi connectivity index (χ1) is 8.49. The minimum Gasteiger partial charge on any atom is -0.508 e. The molecule has 6 nitrogen and oxygen atoms in total. The molecule has 1 aromatic heterocycles. The second-order valence-electron chi connectivity index (χ2n) is 3.73. The fourth-order valence-corrected chi connectivity index (χ4v) is 1.60. The number of phenolic OH excluding ortho intramolecular Hbond substituents is 1. The van der Waals surface area contributed by atoms with Gasteiger partial charge in [0.2, 0.25) is 0 Å². The van der Waals surface area contributed by atoms with Gasteiger partial charge in [-0.25, -0.2) is 0 Å². The number of phenols is 1. The largest absolute Gasteiger partial charge is 0.508 e. The minimum atomic E-state index is -0.492. The Morgan fingerprint density at radius 1 is 1.56 bits per heavy atom. The van der Waals surface area contributed by atoms with E-state index in [0.29, 0.717) is 11.4 Å². The van der Waals surface area contributed by atoms with Crippen LogP contribution in [0.5, 0.6) is 5.75 Å². The van der Waals surface area contributed by atoms with Gasteiger partial charge in [-0.15, -0.1) is 0 Å². The van der Waals surface area contributed by atoms with Crippen LogP contribution < -0.4 is 11.1 Å². The van der Waals surface area contributed by atoms with Crippen LogP contribution >= 0.6 is 11.6 Å². The van der Waals surface area contributed by atoms with Crippen molar-refractivity contribution in [1.29, 1.82) is 0 Å². The summed E-state index contributed by atoms with van der Waals surface area (Å²) >= 11 is 5.87. The summed E-state index contributed by atoms with van der Waals surface area (Å²) in [7, 11) is 0. The number of aromatic nitrogens is 2. The predicted molar refractivity (Wildman–Crippen MR) is 68.8 cm³/mol. The summed E-state index contributed by atoms with van der Waals surface area (Å²) in [4.78, 5) is 11.9. The number of nitrogens with two attached hydrogens (primary N) is 1. The Kier molecular flexibility index (Phi) is 3.12. The van der Waals surface area contributed by atoms with Gasteiger partial charge in [0.25, 0.3) is 5.91 Å².